The first-order chi connectivity index (χ1) is 20.0. The molecule has 42 heavy (non-hydrogen) atoms. The number of nitrogens with zero attached hydrogens (tertiary/aromatic N) is 2. The van der Waals surface area contributed by atoms with Gasteiger partial charge in [0.05, 0.1) is 13.1 Å². The van der Waals surface area contributed by atoms with E-state index in [-0.39, 0.29) is 30.5 Å². The highest BCUT2D eigenvalue weighted by atomic mass is 16.3. The van der Waals surface area contributed by atoms with Gasteiger partial charge >= 0.3 is 0 Å². The zero-order valence-electron chi connectivity index (χ0n) is 24.1. The highest BCUT2D eigenvalue weighted by molar-refractivity contribution is 5.97. The van der Waals surface area contributed by atoms with Crippen molar-refractivity contribution in [2.45, 2.75) is 76.5 Å². The van der Waals surface area contributed by atoms with E-state index in [0.717, 1.165) is 0 Å². The normalized spacial score (nSPS) is 26.5. The fourth-order valence-electron chi connectivity index (χ4n) is 5.80. The summed E-state index contributed by atoms with van der Waals surface area (Å²) in [6.07, 6.45) is 2.45. The van der Waals surface area contributed by atoms with Crippen LogP contribution in [-0.4, -0.2) is 101 Å². The Labute approximate surface area is 244 Å². The molecule has 1 aromatic carbocycles. The fraction of sp³-hybridized carbons (Fsp3) is 0.586. The second kappa shape index (κ2) is 13.7. The summed E-state index contributed by atoms with van der Waals surface area (Å²) < 4.78 is 0. The molecule has 3 saturated heterocycles. The molecule has 0 radical (unpaired) electrons. The Balaban J connectivity index is 1.59. The van der Waals surface area contributed by atoms with E-state index in [9.17, 15) is 33.9 Å². The van der Waals surface area contributed by atoms with Crippen LogP contribution in [0.25, 0.3) is 0 Å². The molecule has 6 amide bonds. The zero-order chi connectivity index (χ0) is 30.4. The minimum absolute atomic E-state index is 0.0458. The molecule has 5 N–H and O–H groups in total. The van der Waals surface area contributed by atoms with Crippen LogP contribution in [0, 0.1) is 5.92 Å². The van der Waals surface area contributed by atoms with Gasteiger partial charge in [0, 0.05) is 19.5 Å². The predicted octanol–water partition coefficient (Wildman–Crippen LogP) is -0.822. The third-order valence-electron chi connectivity index (χ3n) is 7.90. The van der Waals surface area contributed by atoms with Gasteiger partial charge < -0.3 is 36.2 Å². The van der Waals surface area contributed by atoms with Gasteiger partial charge in [-0.2, -0.15) is 0 Å². The third kappa shape index (κ3) is 7.56. The van der Waals surface area contributed by atoms with E-state index in [0.29, 0.717) is 50.8 Å². The molecule has 4 rings (SSSR count). The molecule has 0 spiro atoms. The number of carbonyl (C=O) groups excluding carboxylic acids is 6. The van der Waals surface area contributed by atoms with Gasteiger partial charge in [-0.3, -0.25) is 28.8 Å². The Hall–Kier alpha value is -4.16. The van der Waals surface area contributed by atoms with E-state index in [4.69, 9.17) is 0 Å². The summed E-state index contributed by atoms with van der Waals surface area (Å²) in [7, 11) is 0. The van der Waals surface area contributed by atoms with Gasteiger partial charge in [0.25, 0.3) is 0 Å². The van der Waals surface area contributed by atoms with E-state index < -0.39 is 60.2 Å². The van der Waals surface area contributed by atoms with Crippen molar-refractivity contribution in [3.05, 3.63) is 29.8 Å². The third-order valence-corrected chi connectivity index (χ3v) is 7.90. The lowest BCUT2D eigenvalue weighted by Gasteiger charge is -2.31. The molecule has 3 heterocycles. The maximum atomic E-state index is 13.6. The fourth-order valence-corrected chi connectivity index (χ4v) is 5.80. The van der Waals surface area contributed by atoms with E-state index in [1.54, 1.807) is 12.1 Å². The van der Waals surface area contributed by atoms with Crippen LogP contribution in [0.15, 0.2) is 24.3 Å². The van der Waals surface area contributed by atoms with Crippen LogP contribution in [-0.2, 0) is 35.2 Å². The van der Waals surface area contributed by atoms with E-state index >= 15 is 0 Å². The number of rotatable bonds is 4. The average Bonchev–Trinajstić information content (AvgIpc) is 3.64. The van der Waals surface area contributed by atoms with E-state index in [1.165, 1.54) is 21.9 Å². The van der Waals surface area contributed by atoms with E-state index in [1.807, 2.05) is 13.8 Å². The largest absolute Gasteiger partial charge is 0.508 e. The van der Waals surface area contributed by atoms with E-state index in [2.05, 4.69) is 21.3 Å². The predicted molar refractivity (Wildman–Crippen MR) is 151 cm³/mol. The lowest BCUT2D eigenvalue weighted by atomic mass is 10.0. The summed E-state index contributed by atoms with van der Waals surface area (Å²) in [5.41, 5.74) is 0.651. The number of nitrogens with one attached hydrogen (secondary N) is 4. The molecule has 4 atom stereocenters. The lowest BCUT2D eigenvalue weighted by molar-refractivity contribution is -0.144. The van der Waals surface area contributed by atoms with Crippen LogP contribution in [0.2, 0.25) is 0 Å². The van der Waals surface area contributed by atoms with Crippen molar-refractivity contribution >= 4 is 35.4 Å². The standard InChI is InChI=1S/C29H40N6O7/c1-17(2)13-21-29(42)35-12-4-5-22(35)27(40)30-15-24(37)32-20(14-18-7-9-19(36)10-8-18)26(39)31-16-25(38)34-11-3-6-23(34)28(41)33-21/h7-10,17,20-23,36H,3-6,11-16H2,1-2H3,(H,30,40)(H,31,39)(H,32,37)(H,33,41)/t20-,21-,22?,23-/m0/s1. The molecule has 13 heteroatoms. The summed E-state index contributed by atoms with van der Waals surface area (Å²) in [5.74, 6) is -2.85. The Bertz CT molecular complexity index is 1200. The first-order valence-electron chi connectivity index (χ1n) is 14.6. The van der Waals surface area contributed by atoms with Gasteiger partial charge in [-0.1, -0.05) is 26.0 Å². The second-order valence-electron chi connectivity index (χ2n) is 11.6. The minimum Gasteiger partial charge on any atom is -0.508 e. The monoisotopic (exact) mass is 584 g/mol. The molecular formula is C29H40N6O7. The zero-order valence-corrected chi connectivity index (χ0v) is 24.1. The van der Waals surface area contributed by atoms with Crippen molar-refractivity contribution in [3.8, 4) is 5.75 Å². The van der Waals surface area contributed by atoms with Gasteiger partial charge in [0.2, 0.25) is 35.4 Å². The molecule has 0 aliphatic carbocycles. The van der Waals surface area contributed by atoms with Crippen molar-refractivity contribution in [2.75, 3.05) is 26.2 Å². The minimum atomic E-state index is -1.08. The molecule has 3 fully saturated rings. The highest BCUT2D eigenvalue weighted by Crippen LogP contribution is 2.22. The Morgan fingerprint density at radius 2 is 1.40 bits per heavy atom. The highest BCUT2D eigenvalue weighted by Gasteiger charge is 2.40. The molecular weight excluding hydrogens is 544 g/mol. The number of benzene rings is 1. The smallest absolute Gasteiger partial charge is 0.245 e. The summed E-state index contributed by atoms with van der Waals surface area (Å²) in [5, 5.41) is 20.2. The molecule has 0 bridgehead atoms. The molecule has 1 aromatic rings. The van der Waals surface area contributed by atoms with Crippen LogP contribution in [0.1, 0.15) is 51.5 Å². The van der Waals surface area contributed by atoms with Crippen molar-refractivity contribution < 1.29 is 33.9 Å². The Morgan fingerprint density at radius 3 is 2.07 bits per heavy atom. The number of phenolic OH excluding ortho intramolecular Hbond substituents is 1. The summed E-state index contributed by atoms with van der Waals surface area (Å²) >= 11 is 0. The Morgan fingerprint density at radius 1 is 0.786 bits per heavy atom. The van der Waals surface area contributed by atoms with Crippen LogP contribution in [0.3, 0.4) is 0 Å². The SMILES string of the molecule is CC(C)C[C@@H]1NC(=O)[C@@H]2CCCN2C(=O)CNC(=O)[C@H](Cc2ccc(O)cc2)NC(=O)CNC(=O)C2CCCN2C1=O. The van der Waals surface area contributed by atoms with Crippen LogP contribution < -0.4 is 21.3 Å². The number of phenols is 1. The lowest BCUT2D eigenvalue weighted by Crippen LogP contribution is -2.58. The number of hydrogen-bond acceptors (Lipinski definition) is 7. The maximum absolute atomic E-state index is 13.6. The molecule has 0 aromatic heterocycles. The number of amides is 6. The molecule has 3 aliphatic heterocycles. The molecule has 13 nitrogen and oxygen atoms in total. The molecule has 228 valence electrons. The van der Waals surface area contributed by atoms with Gasteiger partial charge in [0.15, 0.2) is 0 Å². The van der Waals surface area contributed by atoms with Crippen LogP contribution >= 0.6 is 0 Å². The summed E-state index contributed by atoms with van der Waals surface area (Å²) in [6.45, 7) is 3.73. The second-order valence-corrected chi connectivity index (χ2v) is 11.6. The van der Waals surface area contributed by atoms with Crippen LogP contribution in [0.4, 0.5) is 0 Å². The number of carbonyl (C=O) groups is 6. The number of fused-ring (bicyclic) bond motifs is 2. The van der Waals surface area contributed by atoms with Crippen molar-refractivity contribution in [1.29, 1.82) is 0 Å². The van der Waals surface area contributed by atoms with Crippen molar-refractivity contribution in [3.63, 3.8) is 0 Å². The summed E-state index contributed by atoms with van der Waals surface area (Å²) in [4.78, 5) is 82.2. The molecule has 0 saturated carbocycles. The first kappa shape index (κ1) is 30.8. The quantitative estimate of drug-likeness (QED) is 0.307. The van der Waals surface area contributed by atoms with Gasteiger partial charge in [-0.15, -0.1) is 0 Å². The first-order valence-corrected chi connectivity index (χ1v) is 14.6. The number of hydrogen-bond donors (Lipinski definition) is 5. The Kier molecular flexibility index (Phi) is 10.0. The van der Waals surface area contributed by atoms with Crippen molar-refractivity contribution in [1.82, 2.24) is 31.1 Å². The summed E-state index contributed by atoms with van der Waals surface area (Å²) in [6, 6.07) is 2.60. The van der Waals surface area contributed by atoms with Gasteiger partial charge in [-0.05, 0) is 55.7 Å². The van der Waals surface area contributed by atoms with Gasteiger partial charge in [0.1, 0.15) is 29.9 Å². The number of aromatic hydroxyl groups is 1. The van der Waals surface area contributed by atoms with Crippen molar-refractivity contribution in [2.24, 2.45) is 5.92 Å². The van der Waals surface area contributed by atoms with Gasteiger partial charge in [-0.25, -0.2) is 0 Å². The molecule has 3 aliphatic rings. The maximum Gasteiger partial charge on any atom is 0.245 e. The molecule has 1 unspecified atom stereocenters. The topological polar surface area (TPSA) is 177 Å². The van der Waals surface area contributed by atoms with Crippen LogP contribution in [0.5, 0.6) is 5.75 Å². The average molecular weight is 585 g/mol.